The van der Waals surface area contributed by atoms with E-state index in [9.17, 15) is 9.59 Å². The summed E-state index contributed by atoms with van der Waals surface area (Å²) >= 11 is 1.44. The molecule has 29 heavy (non-hydrogen) atoms. The number of benzene rings is 2. The molecule has 2 aromatic heterocycles. The maximum atomic E-state index is 13.0. The number of aromatic nitrogens is 2. The Hall–Kier alpha value is -3.25. The lowest BCUT2D eigenvalue weighted by Gasteiger charge is -2.13. The van der Waals surface area contributed by atoms with Crippen molar-refractivity contribution in [2.45, 2.75) is 19.4 Å². The number of amides is 1. The van der Waals surface area contributed by atoms with E-state index in [2.05, 4.69) is 17.2 Å². The van der Waals surface area contributed by atoms with Crippen LogP contribution < -0.4 is 10.9 Å². The van der Waals surface area contributed by atoms with Gasteiger partial charge in [0, 0.05) is 17.5 Å². The maximum absolute atomic E-state index is 13.0. The summed E-state index contributed by atoms with van der Waals surface area (Å²) in [5.41, 5.74) is 2.80. The lowest BCUT2D eigenvalue weighted by atomic mass is 10.0. The van der Waals surface area contributed by atoms with Crippen LogP contribution in [-0.4, -0.2) is 22.0 Å². The van der Waals surface area contributed by atoms with Gasteiger partial charge in [-0.3, -0.25) is 14.2 Å². The highest BCUT2D eigenvalue weighted by molar-refractivity contribution is 7.17. The first-order valence-electron chi connectivity index (χ1n) is 9.47. The molecular weight excluding hydrogens is 382 g/mol. The van der Waals surface area contributed by atoms with Gasteiger partial charge < -0.3 is 5.32 Å². The average molecular weight is 404 g/mol. The molecule has 146 valence electrons. The third-order valence-electron chi connectivity index (χ3n) is 4.93. The van der Waals surface area contributed by atoms with Crippen LogP contribution in [0, 0.1) is 0 Å². The van der Waals surface area contributed by atoms with E-state index in [1.54, 1.807) is 0 Å². The van der Waals surface area contributed by atoms with Gasteiger partial charge in [-0.05, 0) is 17.0 Å². The molecule has 1 amide bonds. The zero-order chi connectivity index (χ0) is 20.2. The second-order valence-electron chi connectivity index (χ2n) is 6.99. The molecule has 0 aliphatic carbocycles. The Morgan fingerprint density at radius 3 is 2.52 bits per heavy atom. The van der Waals surface area contributed by atoms with E-state index in [-0.39, 0.29) is 23.9 Å². The van der Waals surface area contributed by atoms with Crippen LogP contribution in [0.3, 0.4) is 0 Å². The molecule has 2 heterocycles. The van der Waals surface area contributed by atoms with Crippen molar-refractivity contribution in [2.75, 3.05) is 6.54 Å². The van der Waals surface area contributed by atoms with Crippen LogP contribution in [0.2, 0.25) is 0 Å². The number of hydrogen-bond donors (Lipinski definition) is 1. The number of nitrogens with zero attached hydrogens (tertiary/aromatic N) is 2. The fraction of sp³-hybridized carbons (Fsp3) is 0.174. The minimum Gasteiger partial charge on any atom is -0.354 e. The number of carbonyl (C=O) groups is 1. The summed E-state index contributed by atoms with van der Waals surface area (Å²) in [6, 6.07) is 19.8. The maximum Gasteiger partial charge on any atom is 0.263 e. The van der Waals surface area contributed by atoms with Crippen molar-refractivity contribution < 1.29 is 4.79 Å². The summed E-state index contributed by atoms with van der Waals surface area (Å²) in [4.78, 5) is 30.5. The monoisotopic (exact) mass is 403 g/mol. The van der Waals surface area contributed by atoms with Crippen LogP contribution in [0.5, 0.6) is 0 Å². The first-order chi connectivity index (χ1) is 14.1. The van der Waals surface area contributed by atoms with Crippen molar-refractivity contribution >= 4 is 27.5 Å². The number of nitrogens with one attached hydrogen (secondary N) is 1. The molecule has 2 aromatic carbocycles. The van der Waals surface area contributed by atoms with Crippen LogP contribution in [-0.2, 0) is 11.3 Å². The molecule has 0 aliphatic rings. The second kappa shape index (κ2) is 8.41. The zero-order valence-electron chi connectivity index (χ0n) is 16.0. The average Bonchev–Trinajstić information content (AvgIpc) is 3.20. The highest BCUT2D eigenvalue weighted by atomic mass is 32.1. The quantitative estimate of drug-likeness (QED) is 0.528. The van der Waals surface area contributed by atoms with Gasteiger partial charge in [-0.25, -0.2) is 4.98 Å². The largest absolute Gasteiger partial charge is 0.354 e. The van der Waals surface area contributed by atoms with E-state index in [1.165, 1.54) is 27.8 Å². The standard InChI is InChI=1S/C23H21N3O2S/c1-16(17-8-4-2-5-9-17)12-24-20(27)13-26-15-25-22-21(23(26)28)19(14-29-22)18-10-6-3-7-11-18/h2-11,14-16H,12-13H2,1H3,(H,24,27)/t16-/m1/s1. The number of carbonyl (C=O) groups excluding carboxylic acids is 1. The van der Waals surface area contributed by atoms with Crippen LogP contribution >= 0.6 is 11.3 Å². The van der Waals surface area contributed by atoms with Gasteiger partial charge in [0.1, 0.15) is 11.4 Å². The van der Waals surface area contributed by atoms with Crippen molar-refractivity contribution in [3.8, 4) is 11.1 Å². The second-order valence-corrected chi connectivity index (χ2v) is 7.85. The van der Waals surface area contributed by atoms with E-state index in [1.807, 2.05) is 66.0 Å². The van der Waals surface area contributed by atoms with Crippen LogP contribution in [0.4, 0.5) is 0 Å². The van der Waals surface area contributed by atoms with Gasteiger partial charge >= 0.3 is 0 Å². The molecule has 0 bridgehead atoms. The normalized spacial score (nSPS) is 12.0. The molecule has 0 aliphatic heterocycles. The Balaban J connectivity index is 1.52. The van der Waals surface area contributed by atoms with Crippen molar-refractivity contribution in [3.63, 3.8) is 0 Å². The predicted octanol–water partition coefficient (Wildman–Crippen LogP) is 4.04. The van der Waals surface area contributed by atoms with Crippen molar-refractivity contribution in [2.24, 2.45) is 0 Å². The Morgan fingerprint density at radius 2 is 1.79 bits per heavy atom. The Bertz CT molecular complexity index is 1180. The zero-order valence-corrected chi connectivity index (χ0v) is 16.9. The molecule has 0 radical (unpaired) electrons. The summed E-state index contributed by atoms with van der Waals surface area (Å²) < 4.78 is 1.38. The highest BCUT2D eigenvalue weighted by Gasteiger charge is 2.15. The van der Waals surface area contributed by atoms with Crippen molar-refractivity contribution in [3.05, 3.63) is 88.3 Å². The minimum atomic E-state index is -0.201. The number of thiophene rings is 1. The molecule has 4 aromatic rings. The van der Waals surface area contributed by atoms with Crippen LogP contribution in [0.25, 0.3) is 21.3 Å². The Kier molecular flexibility index (Phi) is 5.53. The molecule has 0 spiro atoms. The summed E-state index contributed by atoms with van der Waals surface area (Å²) in [5.74, 6) is -0.00782. The van der Waals surface area contributed by atoms with Crippen molar-refractivity contribution in [1.82, 2.24) is 14.9 Å². The Labute approximate surface area is 172 Å². The molecule has 4 rings (SSSR count). The minimum absolute atomic E-state index is 0.0483. The molecule has 0 unspecified atom stereocenters. The van der Waals surface area contributed by atoms with E-state index < -0.39 is 0 Å². The van der Waals surface area contributed by atoms with Crippen LogP contribution in [0.15, 0.2) is 77.2 Å². The molecular formula is C23H21N3O2S. The first-order valence-corrected chi connectivity index (χ1v) is 10.3. The van der Waals surface area contributed by atoms with Gasteiger partial charge in [-0.2, -0.15) is 0 Å². The predicted molar refractivity (Wildman–Crippen MR) is 117 cm³/mol. The Morgan fingerprint density at radius 1 is 1.10 bits per heavy atom. The summed E-state index contributed by atoms with van der Waals surface area (Å²) in [6.45, 7) is 2.53. The molecule has 0 fully saturated rings. The van der Waals surface area contributed by atoms with Gasteiger partial charge in [0.25, 0.3) is 5.56 Å². The third kappa shape index (κ3) is 4.12. The van der Waals surface area contributed by atoms with Gasteiger partial charge in [-0.1, -0.05) is 67.6 Å². The van der Waals surface area contributed by atoms with Gasteiger partial charge in [0.2, 0.25) is 5.91 Å². The van der Waals surface area contributed by atoms with Gasteiger partial charge in [0.15, 0.2) is 0 Å². The smallest absolute Gasteiger partial charge is 0.263 e. The molecule has 1 N–H and O–H groups in total. The van der Waals surface area contributed by atoms with E-state index in [0.717, 1.165) is 11.1 Å². The van der Waals surface area contributed by atoms with E-state index in [0.29, 0.717) is 16.8 Å². The first kappa shape index (κ1) is 19.1. The van der Waals surface area contributed by atoms with E-state index in [4.69, 9.17) is 0 Å². The van der Waals surface area contributed by atoms with Gasteiger partial charge in [0.05, 0.1) is 11.7 Å². The lowest BCUT2D eigenvalue weighted by molar-refractivity contribution is -0.121. The number of fused-ring (bicyclic) bond motifs is 1. The number of hydrogen-bond acceptors (Lipinski definition) is 4. The SMILES string of the molecule is C[C@H](CNC(=O)Cn1cnc2scc(-c3ccccc3)c2c1=O)c1ccccc1. The molecule has 0 saturated heterocycles. The van der Waals surface area contributed by atoms with Crippen molar-refractivity contribution in [1.29, 1.82) is 0 Å². The fourth-order valence-corrected chi connectivity index (χ4v) is 4.19. The number of rotatable bonds is 6. The highest BCUT2D eigenvalue weighted by Crippen LogP contribution is 2.30. The van der Waals surface area contributed by atoms with Crippen LogP contribution in [0.1, 0.15) is 18.4 Å². The summed E-state index contributed by atoms with van der Waals surface area (Å²) in [5, 5.41) is 5.43. The molecule has 0 saturated carbocycles. The molecule has 5 nitrogen and oxygen atoms in total. The molecule has 6 heteroatoms. The topological polar surface area (TPSA) is 64.0 Å². The fourth-order valence-electron chi connectivity index (χ4n) is 3.29. The third-order valence-corrected chi connectivity index (χ3v) is 5.82. The summed E-state index contributed by atoms with van der Waals surface area (Å²) in [6.07, 6.45) is 1.45. The lowest BCUT2D eigenvalue weighted by Crippen LogP contribution is -2.34. The summed E-state index contributed by atoms with van der Waals surface area (Å²) in [7, 11) is 0. The van der Waals surface area contributed by atoms with Gasteiger partial charge in [-0.15, -0.1) is 11.3 Å². The van der Waals surface area contributed by atoms with E-state index >= 15 is 0 Å². The molecule has 1 atom stereocenters.